The predicted octanol–water partition coefficient (Wildman–Crippen LogP) is 13.4. The van der Waals surface area contributed by atoms with E-state index in [1.54, 1.807) is 0 Å². The molecular formula is C50H43N5. The topological polar surface area (TPSA) is 34.4 Å². The van der Waals surface area contributed by atoms with E-state index in [-0.39, 0.29) is 0 Å². The zero-order chi connectivity index (χ0) is 37.7. The van der Waals surface area contributed by atoms with Crippen molar-refractivity contribution in [2.24, 2.45) is 10.2 Å². The van der Waals surface area contributed by atoms with E-state index in [9.17, 15) is 0 Å². The lowest BCUT2D eigenvalue weighted by Crippen LogP contribution is -2.11. The molecule has 0 aromatic heterocycles. The Kier molecular flexibility index (Phi) is 11.8. The molecule has 55 heavy (non-hydrogen) atoms. The van der Waals surface area contributed by atoms with Crippen LogP contribution in [0.3, 0.4) is 0 Å². The molecule has 0 saturated heterocycles. The van der Waals surface area contributed by atoms with Crippen LogP contribution in [0.15, 0.2) is 210 Å². The number of hydrogen-bond donors (Lipinski definition) is 0. The molecule has 0 fully saturated rings. The first-order valence-electron chi connectivity index (χ1n) is 18.4. The van der Waals surface area contributed by atoms with Gasteiger partial charge in [0.1, 0.15) is 0 Å². The van der Waals surface area contributed by atoms with E-state index in [1.807, 2.05) is 107 Å². The minimum absolute atomic E-state index is 1.00. The second-order valence-electron chi connectivity index (χ2n) is 13.0. The van der Waals surface area contributed by atoms with E-state index >= 15 is 0 Å². The highest BCUT2D eigenvalue weighted by atomic mass is 15.5. The fourth-order valence-electron chi connectivity index (χ4n) is 6.31. The van der Waals surface area contributed by atoms with Gasteiger partial charge in [-0.15, -0.1) is 0 Å². The summed E-state index contributed by atoms with van der Waals surface area (Å²) in [4.78, 5) is 2.31. The molecule has 0 saturated carbocycles. The summed E-state index contributed by atoms with van der Waals surface area (Å²) in [5, 5.41) is 13.4. The zero-order valence-electron chi connectivity index (χ0n) is 31.1. The molecule has 0 aliphatic heterocycles. The molecule has 7 aromatic rings. The lowest BCUT2D eigenvalue weighted by atomic mass is 10.1. The third-order valence-corrected chi connectivity index (χ3v) is 9.01. The summed E-state index contributed by atoms with van der Waals surface area (Å²) in [5.41, 5.74) is 11.9. The van der Waals surface area contributed by atoms with Gasteiger partial charge < -0.3 is 4.90 Å². The van der Waals surface area contributed by atoms with Crippen molar-refractivity contribution in [3.63, 3.8) is 0 Å². The van der Waals surface area contributed by atoms with Gasteiger partial charge >= 0.3 is 0 Å². The predicted molar refractivity (Wildman–Crippen MR) is 236 cm³/mol. The Labute approximate surface area is 324 Å². The highest BCUT2D eigenvalue weighted by molar-refractivity contribution is 5.84. The minimum Gasteiger partial charge on any atom is -0.310 e. The SMILES string of the molecule is Cc1ccc(N(c2ccc(C=CC=NN(c3ccccc3)c3ccccc3)cc2)c2ccc(C=CC=NN(c3ccccc3)c3ccccc3)cc2)c(C)c1. The summed E-state index contributed by atoms with van der Waals surface area (Å²) in [6.45, 7) is 4.30. The number of hydrogen-bond acceptors (Lipinski definition) is 5. The van der Waals surface area contributed by atoms with Crippen LogP contribution < -0.4 is 14.9 Å². The maximum atomic E-state index is 4.78. The van der Waals surface area contributed by atoms with E-state index in [2.05, 4.69) is 146 Å². The van der Waals surface area contributed by atoms with E-state index in [0.717, 1.165) is 50.9 Å². The average Bonchev–Trinajstić information content (AvgIpc) is 3.24. The number of benzene rings is 7. The summed E-state index contributed by atoms with van der Waals surface area (Å²) < 4.78 is 0. The Morgan fingerprint density at radius 1 is 0.382 bits per heavy atom. The van der Waals surface area contributed by atoms with Crippen molar-refractivity contribution in [1.29, 1.82) is 0 Å². The van der Waals surface area contributed by atoms with Crippen molar-refractivity contribution in [3.05, 3.63) is 222 Å². The normalized spacial score (nSPS) is 11.5. The molecule has 0 amide bonds. The van der Waals surface area contributed by atoms with Crippen molar-refractivity contribution in [2.45, 2.75) is 13.8 Å². The molecule has 0 atom stereocenters. The number of aryl methyl sites for hydroxylation is 2. The Bertz CT molecular complexity index is 2140. The molecule has 0 aliphatic rings. The maximum Gasteiger partial charge on any atom is 0.0652 e. The van der Waals surface area contributed by atoms with Gasteiger partial charge in [-0.3, -0.25) is 0 Å². The molecule has 0 N–H and O–H groups in total. The highest BCUT2D eigenvalue weighted by Gasteiger charge is 2.15. The van der Waals surface area contributed by atoms with E-state index < -0.39 is 0 Å². The van der Waals surface area contributed by atoms with E-state index in [4.69, 9.17) is 10.2 Å². The largest absolute Gasteiger partial charge is 0.310 e. The molecule has 268 valence electrons. The van der Waals surface area contributed by atoms with Crippen LogP contribution >= 0.6 is 0 Å². The first kappa shape index (κ1) is 36.1. The first-order chi connectivity index (χ1) is 27.1. The lowest BCUT2D eigenvalue weighted by molar-refractivity contribution is 1.09. The van der Waals surface area contributed by atoms with Crippen LogP contribution in [0.1, 0.15) is 22.3 Å². The lowest BCUT2D eigenvalue weighted by Gasteiger charge is -2.27. The molecule has 0 radical (unpaired) electrons. The molecule has 7 aromatic carbocycles. The maximum absolute atomic E-state index is 4.78. The van der Waals surface area contributed by atoms with Crippen molar-refractivity contribution in [2.75, 3.05) is 14.9 Å². The molecule has 0 heterocycles. The third-order valence-electron chi connectivity index (χ3n) is 9.01. The van der Waals surface area contributed by atoms with Crippen LogP contribution in [0.5, 0.6) is 0 Å². The number of para-hydroxylation sites is 4. The van der Waals surface area contributed by atoms with Crippen molar-refractivity contribution >= 4 is 64.4 Å². The van der Waals surface area contributed by atoms with Gasteiger partial charge in [-0.1, -0.05) is 127 Å². The van der Waals surface area contributed by atoms with Gasteiger partial charge in [0.05, 0.1) is 22.7 Å². The molecule has 0 unspecified atom stereocenters. The first-order valence-corrected chi connectivity index (χ1v) is 18.4. The fourth-order valence-corrected chi connectivity index (χ4v) is 6.31. The van der Waals surface area contributed by atoms with Crippen LogP contribution in [0.25, 0.3) is 12.2 Å². The van der Waals surface area contributed by atoms with Gasteiger partial charge in [-0.05, 0) is 122 Å². The van der Waals surface area contributed by atoms with E-state index in [0.29, 0.717) is 0 Å². The van der Waals surface area contributed by atoms with Gasteiger partial charge in [0.25, 0.3) is 0 Å². The molecule has 0 aliphatic carbocycles. The van der Waals surface area contributed by atoms with Crippen molar-refractivity contribution in [1.82, 2.24) is 0 Å². The zero-order valence-corrected chi connectivity index (χ0v) is 31.1. The summed E-state index contributed by atoms with van der Waals surface area (Å²) in [6.07, 6.45) is 11.8. The Balaban J connectivity index is 1.09. The van der Waals surface area contributed by atoms with Crippen LogP contribution in [0, 0.1) is 13.8 Å². The Hall–Kier alpha value is -7.24. The van der Waals surface area contributed by atoms with Crippen LogP contribution in [-0.4, -0.2) is 12.4 Å². The summed E-state index contributed by atoms with van der Waals surface area (Å²) in [6, 6.07) is 64.6. The summed E-state index contributed by atoms with van der Waals surface area (Å²) in [7, 11) is 0. The third kappa shape index (κ3) is 9.41. The number of nitrogens with zero attached hydrogens (tertiary/aromatic N) is 5. The van der Waals surface area contributed by atoms with Crippen LogP contribution in [0.4, 0.5) is 39.8 Å². The van der Waals surface area contributed by atoms with Crippen LogP contribution in [0.2, 0.25) is 0 Å². The molecule has 5 nitrogen and oxygen atoms in total. The molecule has 7 rings (SSSR count). The van der Waals surface area contributed by atoms with Crippen molar-refractivity contribution in [3.8, 4) is 0 Å². The van der Waals surface area contributed by atoms with Gasteiger partial charge in [0.15, 0.2) is 0 Å². The second kappa shape index (κ2) is 18.0. The quantitative estimate of drug-likeness (QED) is 0.0881. The van der Waals surface area contributed by atoms with Crippen LogP contribution in [-0.2, 0) is 0 Å². The van der Waals surface area contributed by atoms with E-state index in [1.165, 1.54) is 11.1 Å². The Morgan fingerprint density at radius 2 is 0.745 bits per heavy atom. The van der Waals surface area contributed by atoms with Gasteiger partial charge in [0.2, 0.25) is 0 Å². The number of hydrazone groups is 2. The molecular weight excluding hydrogens is 671 g/mol. The average molecular weight is 714 g/mol. The number of allylic oxidation sites excluding steroid dienone is 2. The summed E-state index contributed by atoms with van der Waals surface area (Å²) in [5.74, 6) is 0. The molecule has 0 spiro atoms. The number of rotatable bonds is 13. The monoisotopic (exact) mass is 713 g/mol. The Morgan fingerprint density at radius 3 is 1.09 bits per heavy atom. The number of anilines is 7. The van der Waals surface area contributed by atoms with Gasteiger partial charge in [-0.25, -0.2) is 10.0 Å². The highest BCUT2D eigenvalue weighted by Crippen LogP contribution is 2.37. The standard InChI is InChI=1S/C50H43N5/c1-40-27-36-50(41(2)39-40)53(44-32-28-42(29-33-44)17-15-37-51-54(46-19-7-3-8-20-46)47-21-9-4-10-22-47)45-34-30-43(31-35-45)18-16-38-52-55(48-23-11-5-12-24-48)49-25-13-6-14-26-49/h3-39H,1-2H3. The van der Waals surface area contributed by atoms with Crippen molar-refractivity contribution < 1.29 is 0 Å². The molecule has 5 heteroatoms. The molecule has 0 bridgehead atoms. The van der Waals surface area contributed by atoms with Gasteiger partial charge in [-0.2, -0.15) is 10.2 Å². The minimum atomic E-state index is 1.00. The van der Waals surface area contributed by atoms with Gasteiger partial charge in [0, 0.05) is 29.5 Å². The smallest absolute Gasteiger partial charge is 0.0652 e. The fraction of sp³-hybridized carbons (Fsp3) is 0.0400. The second-order valence-corrected chi connectivity index (χ2v) is 13.0. The summed E-state index contributed by atoms with van der Waals surface area (Å²) >= 11 is 0.